The highest BCUT2D eigenvalue weighted by atomic mass is 15.1. The summed E-state index contributed by atoms with van der Waals surface area (Å²) in [6.07, 6.45) is 0. The molecule has 0 aliphatic heterocycles. The molecule has 0 amide bonds. The van der Waals surface area contributed by atoms with Gasteiger partial charge in [-0.1, -0.05) is 165 Å². The largest absolute Gasteiger partial charge is 0.310 e. The van der Waals surface area contributed by atoms with Gasteiger partial charge in [-0.15, -0.1) is 0 Å². The minimum Gasteiger partial charge on any atom is -0.310 e. The van der Waals surface area contributed by atoms with Crippen LogP contribution in [0.15, 0.2) is 188 Å². The Morgan fingerprint density at radius 3 is 1.58 bits per heavy atom. The molecule has 0 saturated heterocycles. The van der Waals surface area contributed by atoms with Gasteiger partial charge in [0.2, 0.25) is 0 Å². The Kier molecular flexibility index (Phi) is 5.07. The van der Waals surface area contributed by atoms with E-state index in [0.717, 1.165) is 39.0 Å². The molecule has 0 aromatic heterocycles. The maximum absolute atomic E-state index is 8.57. The Hall–Kier alpha value is -6.18. The molecule has 50 heavy (non-hydrogen) atoms. The molecule has 0 unspecified atom stereocenters. The number of rotatable bonds is 6. The summed E-state index contributed by atoms with van der Waals surface area (Å²) < 4.78 is 83.4. The molecule has 238 valence electrons. The zero-order valence-corrected chi connectivity index (χ0v) is 27.6. The van der Waals surface area contributed by atoms with Crippen molar-refractivity contribution in [3.05, 3.63) is 199 Å². The lowest BCUT2D eigenvalue weighted by atomic mass is 9.81. The number of nitrogens with zero attached hydrogens (tertiary/aromatic N) is 1. The number of hydrogen-bond donors (Lipinski definition) is 0. The lowest BCUT2D eigenvalue weighted by Gasteiger charge is -2.28. The molecule has 1 nitrogen and oxygen atoms in total. The zero-order chi connectivity index (χ0) is 42.4. The number of fused-ring (bicyclic) bond motifs is 4. The van der Waals surface area contributed by atoms with Gasteiger partial charge in [0.05, 0.1) is 19.4 Å². The van der Waals surface area contributed by atoms with E-state index in [4.69, 9.17) is 13.7 Å². The average molecular weight is 650 g/mol. The SMILES string of the molecule is [2H]c1c([2H])c([2H])c(-c2ccc(N(c3ccc(-c4c([2H])c([2H])c([2H])c([2H])c4[2H])cc3)c3cccc4c(-c5ccc6c(c5)C(C)(C)c5ccccc5-6)cccc34)cc2)c([2H])c1[2H]. The fourth-order valence-corrected chi connectivity index (χ4v) is 7.38. The van der Waals surface area contributed by atoms with Crippen molar-refractivity contribution in [2.75, 3.05) is 4.90 Å². The molecular formula is C49H37N. The Balaban J connectivity index is 1.21. The average Bonchev–Trinajstić information content (AvgIpc) is 3.49. The Labute approximate surface area is 308 Å². The van der Waals surface area contributed by atoms with Crippen LogP contribution in [0.25, 0.3) is 55.3 Å². The van der Waals surface area contributed by atoms with Gasteiger partial charge in [-0.05, 0) is 97.4 Å². The summed E-state index contributed by atoms with van der Waals surface area (Å²) in [5.41, 5.74) is 10.5. The van der Waals surface area contributed by atoms with Gasteiger partial charge in [0.1, 0.15) is 0 Å². The summed E-state index contributed by atoms with van der Waals surface area (Å²) in [6, 6.07) is 38.5. The molecule has 0 fully saturated rings. The second-order valence-electron chi connectivity index (χ2n) is 13.0. The first-order chi connectivity index (χ1) is 28.7. The van der Waals surface area contributed by atoms with E-state index in [2.05, 4.69) is 85.5 Å². The molecule has 1 heteroatoms. The van der Waals surface area contributed by atoms with Crippen molar-refractivity contribution in [3.8, 4) is 44.5 Å². The van der Waals surface area contributed by atoms with Crippen molar-refractivity contribution in [2.24, 2.45) is 0 Å². The molecule has 0 spiro atoms. The van der Waals surface area contributed by atoms with Crippen LogP contribution in [-0.2, 0) is 5.41 Å². The predicted molar refractivity (Wildman–Crippen MR) is 213 cm³/mol. The van der Waals surface area contributed by atoms with Crippen LogP contribution >= 0.6 is 0 Å². The molecule has 0 radical (unpaired) electrons. The number of benzene rings is 8. The van der Waals surface area contributed by atoms with E-state index in [9.17, 15) is 0 Å². The number of anilines is 3. The molecule has 1 aliphatic carbocycles. The molecule has 8 aromatic carbocycles. The highest BCUT2D eigenvalue weighted by Crippen LogP contribution is 2.50. The van der Waals surface area contributed by atoms with Gasteiger partial charge in [-0.3, -0.25) is 0 Å². The third-order valence-corrected chi connectivity index (χ3v) is 9.86. The van der Waals surface area contributed by atoms with E-state index in [-0.39, 0.29) is 40.7 Å². The third kappa shape index (κ3) is 5.02. The molecule has 9 rings (SSSR count). The minimum atomic E-state index is -0.451. The van der Waals surface area contributed by atoms with Gasteiger partial charge < -0.3 is 4.90 Å². The highest BCUT2D eigenvalue weighted by molar-refractivity contribution is 6.06. The second kappa shape index (κ2) is 12.1. The van der Waals surface area contributed by atoms with E-state index in [1.165, 1.54) is 22.3 Å². The lowest BCUT2D eigenvalue weighted by Crippen LogP contribution is -2.14. The van der Waals surface area contributed by atoms with Gasteiger partial charge in [-0.2, -0.15) is 0 Å². The van der Waals surface area contributed by atoms with Crippen LogP contribution in [0.1, 0.15) is 38.7 Å². The summed E-state index contributed by atoms with van der Waals surface area (Å²) in [5.74, 6) is 0. The van der Waals surface area contributed by atoms with Crippen molar-refractivity contribution >= 4 is 27.8 Å². The predicted octanol–water partition coefficient (Wildman–Crippen LogP) is 13.6. The van der Waals surface area contributed by atoms with Crippen molar-refractivity contribution in [2.45, 2.75) is 19.3 Å². The molecule has 0 N–H and O–H groups in total. The summed E-state index contributed by atoms with van der Waals surface area (Å²) in [5, 5.41) is 1.99. The smallest absolute Gasteiger partial charge is 0.0629 e. The molecule has 0 bridgehead atoms. The van der Waals surface area contributed by atoms with Crippen molar-refractivity contribution < 1.29 is 13.7 Å². The van der Waals surface area contributed by atoms with E-state index in [0.29, 0.717) is 11.1 Å². The van der Waals surface area contributed by atoms with Crippen LogP contribution in [0.5, 0.6) is 0 Å². The summed E-state index contributed by atoms with van der Waals surface area (Å²) in [6.45, 7) is 4.54. The first kappa shape index (κ1) is 21.0. The minimum absolute atomic E-state index is 0.109. The summed E-state index contributed by atoms with van der Waals surface area (Å²) in [4.78, 5) is 2.06. The summed E-state index contributed by atoms with van der Waals surface area (Å²) in [7, 11) is 0. The number of hydrogen-bond acceptors (Lipinski definition) is 1. The van der Waals surface area contributed by atoms with Crippen molar-refractivity contribution in [1.82, 2.24) is 0 Å². The standard InChI is InChI=1S/C49H37N/c1-49(2)46-21-10-9-17-43(46)44-32-27-38(33-47(44)49)41-18-11-20-45-42(41)19-12-22-48(45)50(39-28-23-36(24-29-39)34-13-5-3-6-14-34)40-30-25-37(26-31-40)35-15-7-4-8-16-35/h3-33H,1-2H3/i3D,4D,5D,6D,7D,8D,13D,14D,15D,16D. The van der Waals surface area contributed by atoms with Crippen LogP contribution in [0, 0.1) is 0 Å². The molecule has 1 aliphatic rings. The van der Waals surface area contributed by atoms with E-state index < -0.39 is 36.3 Å². The third-order valence-electron chi connectivity index (χ3n) is 9.86. The topological polar surface area (TPSA) is 3.24 Å². The Bertz CT molecular complexity index is 2890. The summed E-state index contributed by atoms with van der Waals surface area (Å²) >= 11 is 0. The van der Waals surface area contributed by atoms with Crippen molar-refractivity contribution in [3.63, 3.8) is 0 Å². The van der Waals surface area contributed by atoms with E-state index in [1.54, 1.807) is 24.3 Å². The van der Waals surface area contributed by atoms with E-state index >= 15 is 0 Å². The molecular weight excluding hydrogens is 603 g/mol. The zero-order valence-electron chi connectivity index (χ0n) is 37.6. The van der Waals surface area contributed by atoms with Crippen LogP contribution in [-0.4, -0.2) is 0 Å². The fourth-order valence-electron chi connectivity index (χ4n) is 7.38. The molecule has 8 aromatic rings. The maximum atomic E-state index is 8.57. The lowest BCUT2D eigenvalue weighted by molar-refractivity contribution is 0.660. The molecule has 0 heterocycles. The van der Waals surface area contributed by atoms with Crippen LogP contribution < -0.4 is 4.90 Å². The first-order valence-electron chi connectivity index (χ1n) is 21.6. The quantitative estimate of drug-likeness (QED) is 0.173. The Morgan fingerprint density at radius 1 is 0.420 bits per heavy atom. The maximum Gasteiger partial charge on any atom is 0.0629 e. The van der Waals surface area contributed by atoms with Crippen LogP contribution in [0.4, 0.5) is 17.1 Å². The first-order valence-corrected chi connectivity index (χ1v) is 16.6. The fraction of sp³-hybridized carbons (Fsp3) is 0.0612. The van der Waals surface area contributed by atoms with Gasteiger partial charge in [0.25, 0.3) is 0 Å². The molecule has 0 saturated carbocycles. The molecule has 0 atom stereocenters. The second-order valence-corrected chi connectivity index (χ2v) is 13.0. The monoisotopic (exact) mass is 649 g/mol. The van der Waals surface area contributed by atoms with Crippen molar-refractivity contribution in [1.29, 1.82) is 0 Å². The van der Waals surface area contributed by atoms with Gasteiger partial charge in [0, 0.05) is 22.2 Å². The highest BCUT2D eigenvalue weighted by Gasteiger charge is 2.35. The van der Waals surface area contributed by atoms with Gasteiger partial charge in [0.15, 0.2) is 0 Å². The van der Waals surface area contributed by atoms with Gasteiger partial charge >= 0.3 is 0 Å². The van der Waals surface area contributed by atoms with Gasteiger partial charge in [-0.25, -0.2) is 0 Å². The van der Waals surface area contributed by atoms with Crippen LogP contribution in [0.2, 0.25) is 0 Å². The van der Waals surface area contributed by atoms with Crippen LogP contribution in [0.3, 0.4) is 0 Å². The Morgan fingerprint density at radius 2 is 0.940 bits per heavy atom. The van der Waals surface area contributed by atoms with E-state index in [1.807, 2.05) is 36.4 Å². The normalized spacial score (nSPS) is 15.6.